The molecule has 34 heavy (non-hydrogen) atoms. The second-order valence-electron chi connectivity index (χ2n) is 10.8. The highest BCUT2D eigenvalue weighted by Gasteiger charge is 2.28. The highest BCUT2D eigenvalue weighted by Crippen LogP contribution is 2.32. The summed E-state index contributed by atoms with van der Waals surface area (Å²) >= 11 is 0. The van der Waals surface area contributed by atoms with Crippen LogP contribution in [0, 0.1) is 26.7 Å². The molecule has 0 unspecified atom stereocenters. The predicted octanol–water partition coefficient (Wildman–Crippen LogP) is 5.11. The van der Waals surface area contributed by atoms with Gasteiger partial charge in [0.05, 0.1) is 5.69 Å². The van der Waals surface area contributed by atoms with E-state index in [1.54, 1.807) is 0 Å². The summed E-state index contributed by atoms with van der Waals surface area (Å²) in [5.74, 6) is 0.681. The zero-order chi connectivity index (χ0) is 24.0. The average Bonchev–Trinajstić information content (AvgIpc) is 3.58. The van der Waals surface area contributed by atoms with Crippen LogP contribution in [-0.4, -0.2) is 25.8 Å². The summed E-state index contributed by atoms with van der Waals surface area (Å²) in [6, 6.07) is 11.0. The lowest BCUT2D eigenvalue weighted by atomic mass is 9.97. The van der Waals surface area contributed by atoms with E-state index < -0.39 is 0 Å². The van der Waals surface area contributed by atoms with Gasteiger partial charge < -0.3 is 4.57 Å². The lowest BCUT2D eigenvalue weighted by Crippen LogP contribution is -2.37. The summed E-state index contributed by atoms with van der Waals surface area (Å²) in [7, 11) is 0. The van der Waals surface area contributed by atoms with Crippen LogP contribution in [0.2, 0.25) is 0 Å². The summed E-state index contributed by atoms with van der Waals surface area (Å²) in [6.45, 7) is 14.5. The van der Waals surface area contributed by atoms with Crippen molar-refractivity contribution in [1.29, 1.82) is 0 Å². The minimum absolute atomic E-state index is 0.229. The Balaban J connectivity index is 1.46. The molecule has 1 aliphatic heterocycles. The number of nitrogens with zero attached hydrogens (tertiary/aromatic N) is 4. The van der Waals surface area contributed by atoms with Crippen LogP contribution in [0.3, 0.4) is 0 Å². The Morgan fingerprint density at radius 3 is 2.53 bits per heavy atom. The third-order valence-corrected chi connectivity index (χ3v) is 7.75. The zero-order valence-corrected chi connectivity index (χ0v) is 21.4. The molecule has 2 aromatic heterocycles. The van der Waals surface area contributed by atoms with Crippen LogP contribution >= 0.6 is 0 Å². The molecule has 0 saturated heterocycles. The van der Waals surface area contributed by atoms with Gasteiger partial charge in [-0.25, -0.2) is 0 Å². The van der Waals surface area contributed by atoms with Gasteiger partial charge in [-0.1, -0.05) is 24.3 Å². The molecule has 1 aromatic carbocycles. The number of hydrogen-bond donors (Lipinski definition) is 0. The van der Waals surface area contributed by atoms with Gasteiger partial charge in [0, 0.05) is 67.6 Å². The Hall–Kier alpha value is -2.66. The third-order valence-electron chi connectivity index (χ3n) is 7.75. The third kappa shape index (κ3) is 4.50. The molecule has 5 rings (SSSR count). The van der Waals surface area contributed by atoms with Crippen LogP contribution in [0.5, 0.6) is 0 Å². The predicted molar refractivity (Wildman–Crippen MR) is 137 cm³/mol. The van der Waals surface area contributed by atoms with E-state index in [0.717, 1.165) is 43.9 Å². The van der Waals surface area contributed by atoms with Gasteiger partial charge in [0.2, 0.25) is 0 Å². The van der Waals surface area contributed by atoms with Crippen LogP contribution in [0.15, 0.2) is 35.1 Å². The van der Waals surface area contributed by atoms with Gasteiger partial charge in [0.1, 0.15) is 0 Å². The zero-order valence-electron chi connectivity index (χ0n) is 21.4. The Morgan fingerprint density at radius 2 is 1.85 bits per heavy atom. The number of hydrogen-bond acceptors (Lipinski definition) is 3. The lowest BCUT2D eigenvalue weighted by molar-refractivity contribution is 0.238. The maximum absolute atomic E-state index is 13.6. The second kappa shape index (κ2) is 9.18. The first kappa shape index (κ1) is 23.1. The molecular formula is C29H38N4O. The monoisotopic (exact) mass is 458 g/mol. The van der Waals surface area contributed by atoms with Crippen molar-refractivity contribution in [2.45, 2.75) is 86.0 Å². The van der Waals surface area contributed by atoms with Crippen LogP contribution in [0.1, 0.15) is 77.6 Å². The van der Waals surface area contributed by atoms with Gasteiger partial charge in [0.15, 0.2) is 0 Å². The smallest absolute Gasteiger partial charge is 0.254 e. The first-order chi connectivity index (χ1) is 16.3. The molecule has 0 spiro atoms. The van der Waals surface area contributed by atoms with Crippen molar-refractivity contribution in [2.24, 2.45) is 5.92 Å². The van der Waals surface area contributed by atoms with E-state index in [1.807, 2.05) is 0 Å². The topological polar surface area (TPSA) is 43.1 Å². The molecule has 0 bridgehead atoms. The summed E-state index contributed by atoms with van der Waals surface area (Å²) in [5, 5.41) is 4.80. The standard InChI is InChI=1S/C29H38N4O/c1-19(2)33-22(5)27(21(4)30-33)18-31-13-12-28-26(17-31)15-25(14-24-9-7-6-8-20(24)3)29(34)32(28)16-23-10-11-23/h6-9,15,19,23H,10-14,16-18H2,1-5H3. The largest absolute Gasteiger partial charge is 0.312 e. The quantitative estimate of drug-likeness (QED) is 0.494. The number of aromatic nitrogens is 3. The molecule has 3 aromatic rings. The summed E-state index contributed by atoms with van der Waals surface area (Å²) < 4.78 is 4.29. The molecular weight excluding hydrogens is 420 g/mol. The molecule has 0 N–H and O–H groups in total. The molecule has 1 fully saturated rings. The molecule has 0 amide bonds. The van der Waals surface area contributed by atoms with Crippen molar-refractivity contribution < 1.29 is 0 Å². The minimum Gasteiger partial charge on any atom is -0.312 e. The van der Waals surface area contributed by atoms with E-state index in [1.165, 1.54) is 46.5 Å². The Bertz CT molecular complexity index is 1260. The number of rotatable bonds is 7. The van der Waals surface area contributed by atoms with Crippen LogP contribution < -0.4 is 5.56 Å². The molecule has 5 nitrogen and oxygen atoms in total. The highest BCUT2D eigenvalue weighted by atomic mass is 16.1. The first-order valence-electron chi connectivity index (χ1n) is 12.9. The molecule has 2 aliphatic rings. The number of benzene rings is 1. The van der Waals surface area contributed by atoms with E-state index in [2.05, 4.69) is 79.1 Å². The normalized spacial score (nSPS) is 16.3. The molecule has 3 heterocycles. The van der Waals surface area contributed by atoms with Crippen molar-refractivity contribution in [3.05, 3.63) is 85.6 Å². The van der Waals surface area contributed by atoms with Gasteiger partial charge in [-0.15, -0.1) is 0 Å². The molecule has 1 saturated carbocycles. The Morgan fingerprint density at radius 1 is 1.09 bits per heavy atom. The van der Waals surface area contributed by atoms with Gasteiger partial charge >= 0.3 is 0 Å². The lowest BCUT2D eigenvalue weighted by Gasteiger charge is -2.31. The second-order valence-corrected chi connectivity index (χ2v) is 10.8. The SMILES string of the molecule is Cc1ccccc1Cc1cc2c(n(CC3CC3)c1=O)CCN(Cc1c(C)nn(C(C)C)c1C)C2. The maximum atomic E-state index is 13.6. The fourth-order valence-electron chi connectivity index (χ4n) is 5.52. The van der Waals surface area contributed by atoms with Crippen molar-refractivity contribution in [3.8, 4) is 0 Å². The van der Waals surface area contributed by atoms with E-state index in [0.29, 0.717) is 18.4 Å². The maximum Gasteiger partial charge on any atom is 0.254 e. The van der Waals surface area contributed by atoms with E-state index in [4.69, 9.17) is 5.10 Å². The molecule has 1 aliphatic carbocycles. The van der Waals surface area contributed by atoms with Gasteiger partial charge in [-0.3, -0.25) is 14.4 Å². The van der Waals surface area contributed by atoms with Gasteiger partial charge in [-0.2, -0.15) is 5.10 Å². The van der Waals surface area contributed by atoms with Gasteiger partial charge in [0.25, 0.3) is 5.56 Å². The molecule has 0 radical (unpaired) electrons. The van der Waals surface area contributed by atoms with Crippen molar-refractivity contribution in [3.63, 3.8) is 0 Å². The van der Waals surface area contributed by atoms with Gasteiger partial charge in [-0.05, 0) is 76.1 Å². The summed E-state index contributed by atoms with van der Waals surface area (Å²) in [6.07, 6.45) is 4.17. The average molecular weight is 459 g/mol. The number of pyridine rings is 1. The molecule has 5 heteroatoms. The molecule has 180 valence electrons. The van der Waals surface area contributed by atoms with Crippen LogP contribution in [0.25, 0.3) is 0 Å². The van der Waals surface area contributed by atoms with Crippen molar-refractivity contribution >= 4 is 0 Å². The fraction of sp³-hybridized carbons (Fsp3) is 0.517. The summed E-state index contributed by atoms with van der Waals surface area (Å²) in [5.41, 5.74) is 10.0. The van der Waals surface area contributed by atoms with E-state index >= 15 is 0 Å². The highest BCUT2D eigenvalue weighted by molar-refractivity contribution is 5.36. The van der Waals surface area contributed by atoms with Crippen LogP contribution in [0.4, 0.5) is 0 Å². The molecule has 0 atom stereocenters. The van der Waals surface area contributed by atoms with E-state index in [9.17, 15) is 4.79 Å². The Labute approximate surface area is 203 Å². The van der Waals surface area contributed by atoms with Crippen molar-refractivity contribution in [2.75, 3.05) is 6.54 Å². The van der Waals surface area contributed by atoms with Crippen molar-refractivity contribution in [1.82, 2.24) is 19.2 Å². The number of fused-ring (bicyclic) bond motifs is 1. The number of aryl methyl sites for hydroxylation is 2. The van der Waals surface area contributed by atoms with Crippen LogP contribution in [-0.2, 0) is 32.5 Å². The minimum atomic E-state index is 0.229. The fourth-order valence-corrected chi connectivity index (χ4v) is 5.52. The summed E-state index contributed by atoms with van der Waals surface area (Å²) in [4.78, 5) is 16.1. The van der Waals surface area contributed by atoms with E-state index in [-0.39, 0.29) is 5.56 Å². The Kier molecular flexibility index (Phi) is 6.24. The first-order valence-corrected chi connectivity index (χ1v) is 12.9.